The van der Waals surface area contributed by atoms with Crippen LogP contribution in [0.15, 0.2) is 23.1 Å². The van der Waals surface area contributed by atoms with Gasteiger partial charge in [-0.1, -0.05) is 0 Å². The molecule has 0 unspecified atom stereocenters. The molecule has 0 amide bonds. The molecule has 0 radical (unpaired) electrons. The first-order chi connectivity index (χ1) is 5.29. The van der Waals surface area contributed by atoms with Gasteiger partial charge in [-0.3, -0.25) is 4.40 Å². The number of nitrogens with zero attached hydrogens (tertiary/aromatic N) is 3. The summed E-state index contributed by atoms with van der Waals surface area (Å²) in [5.41, 5.74) is 0.962. The summed E-state index contributed by atoms with van der Waals surface area (Å²) in [4.78, 5) is 8.30. The third-order valence-corrected chi connectivity index (χ3v) is 2.46. The van der Waals surface area contributed by atoms with Crippen molar-refractivity contribution in [1.82, 2.24) is 14.4 Å². The van der Waals surface area contributed by atoms with E-state index in [-0.39, 0.29) is 0 Å². The van der Waals surface area contributed by atoms with Gasteiger partial charge in [0.2, 0.25) is 5.78 Å². The van der Waals surface area contributed by atoms with Gasteiger partial charge in [0.05, 0.1) is 5.69 Å². The second-order valence-corrected chi connectivity index (χ2v) is 3.03. The second kappa shape index (κ2) is 2.30. The number of hydrogen-bond acceptors (Lipinski definition) is 2. The van der Waals surface area contributed by atoms with Crippen LogP contribution in [-0.2, 0) is 0 Å². The van der Waals surface area contributed by atoms with E-state index in [4.69, 9.17) is 0 Å². The first kappa shape index (κ1) is 6.79. The average Bonchev–Trinajstić information content (AvgIpc) is 2.30. The standard InChI is InChI=1S/C7H6BrN3/c1-5-6(8)11-4-2-3-9-7(11)10-5/h2-4H,1H3. The van der Waals surface area contributed by atoms with E-state index in [0.29, 0.717) is 0 Å². The molecule has 2 heterocycles. The molecule has 3 nitrogen and oxygen atoms in total. The Hall–Kier alpha value is -0.900. The zero-order chi connectivity index (χ0) is 7.84. The molecule has 11 heavy (non-hydrogen) atoms. The van der Waals surface area contributed by atoms with Gasteiger partial charge in [0, 0.05) is 12.4 Å². The Morgan fingerprint density at radius 3 is 3.09 bits per heavy atom. The zero-order valence-electron chi connectivity index (χ0n) is 5.95. The van der Waals surface area contributed by atoms with E-state index in [1.165, 1.54) is 0 Å². The van der Waals surface area contributed by atoms with Crippen molar-refractivity contribution in [2.45, 2.75) is 6.92 Å². The number of rotatable bonds is 0. The van der Waals surface area contributed by atoms with E-state index >= 15 is 0 Å². The van der Waals surface area contributed by atoms with E-state index in [0.717, 1.165) is 16.1 Å². The Labute approximate surface area is 72.2 Å². The maximum atomic E-state index is 4.22. The van der Waals surface area contributed by atoms with Gasteiger partial charge >= 0.3 is 0 Å². The molecular formula is C7H6BrN3. The van der Waals surface area contributed by atoms with Gasteiger partial charge in [0.15, 0.2) is 0 Å². The summed E-state index contributed by atoms with van der Waals surface area (Å²) in [7, 11) is 0. The summed E-state index contributed by atoms with van der Waals surface area (Å²) in [6, 6.07) is 1.87. The maximum absolute atomic E-state index is 4.22. The topological polar surface area (TPSA) is 30.2 Å². The van der Waals surface area contributed by atoms with Crippen LogP contribution in [0.4, 0.5) is 0 Å². The van der Waals surface area contributed by atoms with Crippen molar-refractivity contribution >= 4 is 21.7 Å². The van der Waals surface area contributed by atoms with Gasteiger partial charge in [-0.2, -0.15) is 0 Å². The molecule has 4 heteroatoms. The number of hydrogen-bond donors (Lipinski definition) is 0. The lowest BCUT2D eigenvalue weighted by Crippen LogP contribution is -1.85. The third-order valence-electron chi connectivity index (χ3n) is 1.50. The Balaban J connectivity index is 2.92. The molecule has 0 aliphatic heterocycles. The maximum Gasteiger partial charge on any atom is 0.234 e. The van der Waals surface area contributed by atoms with Gasteiger partial charge < -0.3 is 0 Å². The van der Waals surface area contributed by atoms with Crippen molar-refractivity contribution in [2.75, 3.05) is 0 Å². The quantitative estimate of drug-likeness (QED) is 0.666. The molecule has 0 fully saturated rings. The third kappa shape index (κ3) is 0.939. The van der Waals surface area contributed by atoms with E-state index < -0.39 is 0 Å². The highest BCUT2D eigenvalue weighted by Gasteiger charge is 2.03. The Morgan fingerprint density at radius 2 is 2.36 bits per heavy atom. The van der Waals surface area contributed by atoms with Gasteiger partial charge in [0.25, 0.3) is 0 Å². The normalized spacial score (nSPS) is 10.7. The largest absolute Gasteiger partial charge is 0.278 e. The van der Waals surface area contributed by atoms with Crippen molar-refractivity contribution in [3.8, 4) is 0 Å². The summed E-state index contributed by atoms with van der Waals surface area (Å²) in [5.74, 6) is 0.733. The molecule has 0 saturated heterocycles. The smallest absolute Gasteiger partial charge is 0.234 e. The van der Waals surface area contributed by atoms with Crippen LogP contribution >= 0.6 is 15.9 Å². The van der Waals surface area contributed by atoms with E-state index in [1.54, 1.807) is 6.20 Å². The summed E-state index contributed by atoms with van der Waals surface area (Å²) in [5, 5.41) is 0. The second-order valence-electron chi connectivity index (χ2n) is 2.28. The zero-order valence-corrected chi connectivity index (χ0v) is 7.54. The molecule has 2 aromatic heterocycles. The lowest BCUT2D eigenvalue weighted by Gasteiger charge is -1.90. The highest BCUT2D eigenvalue weighted by molar-refractivity contribution is 9.10. The van der Waals surface area contributed by atoms with Crippen molar-refractivity contribution in [3.05, 3.63) is 28.8 Å². The number of imidazole rings is 1. The van der Waals surface area contributed by atoms with Crippen LogP contribution in [0.3, 0.4) is 0 Å². The fourth-order valence-electron chi connectivity index (χ4n) is 0.970. The monoisotopic (exact) mass is 211 g/mol. The number of aromatic nitrogens is 3. The minimum atomic E-state index is 0.733. The molecule has 0 aromatic carbocycles. The minimum Gasteiger partial charge on any atom is -0.278 e. The number of aryl methyl sites for hydroxylation is 1. The fraction of sp³-hybridized carbons (Fsp3) is 0.143. The van der Waals surface area contributed by atoms with E-state index in [1.807, 2.05) is 23.6 Å². The summed E-state index contributed by atoms with van der Waals surface area (Å²) in [6.07, 6.45) is 3.65. The predicted octanol–water partition coefficient (Wildman–Crippen LogP) is 1.80. The molecule has 2 rings (SSSR count). The molecule has 56 valence electrons. The van der Waals surface area contributed by atoms with Crippen molar-refractivity contribution < 1.29 is 0 Å². The van der Waals surface area contributed by atoms with Crippen LogP contribution in [0.5, 0.6) is 0 Å². The van der Waals surface area contributed by atoms with Crippen molar-refractivity contribution in [2.24, 2.45) is 0 Å². The molecule has 0 atom stereocenters. The molecule has 0 saturated carbocycles. The van der Waals surface area contributed by atoms with Gasteiger partial charge in [-0.05, 0) is 28.9 Å². The van der Waals surface area contributed by atoms with Crippen LogP contribution in [0.1, 0.15) is 5.69 Å². The van der Waals surface area contributed by atoms with Crippen LogP contribution in [0.25, 0.3) is 5.78 Å². The molecule has 0 aliphatic rings. The van der Waals surface area contributed by atoms with Crippen LogP contribution < -0.4 is 0 Å². The average molecular weight is 212 g/mol. The highest BCUT2D eigenvalue weighted by atomic mass is 79.9. The SMILES string of the molecule is Cc1nc2ncccn2c1Br. The number of halogens is 1. The lowest BCUT2D eigenvalue weighted by atomic mass is 10.6. The van der Waals surface area contributed by atoms with Crippen LogP contribution in [-0.4, -0.2) is 14.4 Å². The molecule has 0 aliphatic carbocycles. The van der Waals surface area contributed by atoms with Gasteiger partial charge in [-0.25, -0.2) is 9.97 Å². The van der Waals surface area contributed by atoms with Crippen LogP contribution in [0.2, 0.25) is 0 Å². The fourth-order valence-corrected chi connectivity index (χ4v) is 1.34. The molecular weight excluding hydrogens is 206 g/mol. The van der Waals surface area contributed by atoms with E-state index in [9.17, 15) is 0 Å². The Bertz CT molecular complexity index is 393. The predicted molar refractivity (Wildman–Crippen MR) is 45.4 cm³/mol. The molecule has 0 N–H and O–H groups in total. The van der Waals surface area contributed by atoms with Crippen molar-refractivity contribution in [3.63, 3.8) is 0 Å². The first-order valence-corrected chi connectivity index (χ1v) is 4.03. The van der Waals surface area contributed by atoms with Gasteiger partial charge in [-0.15, -0.1) is 0 Å². The molecule has 2 aromatic rings. The minimum absolute atomic E-state index is 0.733. The van der Waals surface area contributed by atoms with Crippen LogP contribution in [0, 0.1) is 6.92 Å². The highest BCUT2D eigenvalue weighted by Crippen LogP contribution is 2.15. The first-order valence-electron chi connectivity index (χ1n) is 3.24. The van der Waals surface area contributed by atoms with Gasteiger partial charge in [0.1, 0.15) is 4.60 Å². The lowest BCUT2D eigenvalue weighted by molar-refractivity contribution is 1.09. The Morgan fingerprint density at radius 1 is 1.55 bits per heavy atom. The molecule has 0 spiro atoms. The number of fused-ring (bicyclic) bond motifs is 1. The van der Waals surface area contributed by atoms with E-state index in [2.05, 4.69) is 25.9 Å². The van der Waals surface area contributed by atoms with Crippen molar-refractivity contribution in [1.29, 1.82) is 0 Å². The summed E-state index contributed by atoms with van der Waals surface area (Å²) >= 11 is 3.41. The summed E-state index contributed by atoms with van der Waals surface area (Å²) < 4.78 is 2.87. The summed E-state index contributed by atoms with van der Waals surface area (Å²) in [6.45, 7) is 1.94. The molecule has 0 bridgehead atoms. The Kier molecular flexibility index (Phi) is 1.42.